The lowest BCUT2D eigenvalue weighted by Crippen LogP contribution is -2.27. The van der Waals surface area contributed by atoms with E-state index >= 15 is 0 Å². The van der Waals surface area contributed by atoms with Crippen LogP contribution in [0.2, 0.25) is 0 Å². The van der Waals surface area contributed by atoms with Crippen molar-refractivity contribution in [2.45, 2.75) is 25.9 Å². The maximum atomic E-state index is 9.02. The molecule has 0 amide bonds. The highest BCUT2D eigenvalue weighted by Crippen LogP contribution is 2.33. The van der Waals surface area contributed by atoms with E-state index in [9.17, 15) is 0 Å². The highest BCUT2D eigenvalue weighted by Gasteiger charge is 2.35. The molecule has 0 radical (unpaired) electrons. The van der Waals surface area contributed by atoms with Crippen molar-refractivity contribution >= 4 is 0 Å². The zero-order valence-corrected chi connectivity index (χ0v) is 7.92. The van der Waals surface area contributed by atoms with Crippen molar-refractivity contribution in [3.05, 3.63) is 0 Å². The molecule has 0 saturated carbocycles. The van der Waals surface area contributed by atoms with Crippen molar-refractivity contribution in [3.63, 3.8) is 0 Å². The van der Waals surface area contributed by atoms with Crippen LogP contribution in [0.1, 0.15) is 20.3 Å². The summed E-state index contributed by atoms with van der Waals surface area (Å²) in [4.78, 5) is 0. The van der Waals surface area contributed by atoms with E-state index < -0.39 is 0 Å². The van der Waals surface area contributed by atoms with Gasteiger partial charge in [-0.25, -0.2) is 0 Å². The zero-order valence-electron chi connectivity index (χ0n) is 7.92. The first-order valence-electron chi connectivity index (χ1n) is 4.54. The number of aliphatic hydroxyl groups excluding tert-OH is 1. The van der Waals surface area contributed by atoms with Crippen LogP contribution < -0.4 is 5.73 Å². The first kappa shape index (κ1) is 9.96. The molecular weight excluding hydrogens is 154 g/mol. The standard InChI is InChI=1S/C9H19NO2/c1-9(2)3-7(6-12-9)8(4-10)5-11/h7-8,11H,3-6,10H2,1-2H3. The maximum absolute atomic E-state index is 9.02. The fraction of sp³-hybridized carbons (Fsp3) is 1.00. The molecule has 3 nitrogen and oxygen atoms in total. The van der Waals surface area contributed by atoms with Gasteiger partial charge in [-0.2, -0.15) is 0 Å². The molecule has 2 unspecified atom stereocenters. The van der Waals surface area contributed by atoms with Crippen LogP contribution in [0.4, 0.5) is 0 Å². The summed E-state index contributed by atoms with van der Waals surface area (Å²) >= 11 is 0. The molecule has 0 bridgehead atoms. The SMILES string of the molecule is CC1(C)CC(C(CN)CO)CO1. The predicted molar refractivity (Wildman–Crippen MR) is 47.8 cm³/mol. The molecule has 3 N–H and O–H groups in total. The minimum atomic E-state index is -0.0206. The molecule has 0 aromatic rings. The molecule has 1 aliphatic heterocycles. The molecule has 72 valence electrons. The minimum Gasteiger partial charge on any atom is -0.396 e. The third kappa shape index (κ3) is 2.19. The monoisotopic (exact) mass is 173 g/mol. The Morgan fingerprint density at radius 2 is 2.33 bits per heavy atom. The van der Waals surface area contributed by atoms with E-state index in [4.69, 9.17) is 15.6 Å². The lowest BCUT2D eigenvalue weighted by molar-refractivity contribution is 0.0329. The number of nitrogens with two attached hydrogens (primary N) is 1. The van der Waals surface area contributed by atoms with Crippen LogP contribution in [0.5, 0.6) is 0 Å². The fourth-order valence-corrected chi connectivity index (χ4v) is 1.80. The Balaban J connectivity index is 2.45. The third-order valence-electron chi connectivity index (χ3n) is 2.65. The summed E-state index contributed by atoms with van der Waals surface area (Å²) in [6.45, 7) is 5.65. The van der Waals surface area contributed by atoms with Gasteiger partial charge in [-0.1, -0.05) is 0 Å². The summed E-state index contributed by atoms with van der Waals surface area (Å²) in [6.07, 6.45) is 1.01. The Bertz CT molecular complexity index is 143. The van der Waals surface area contributed by atoms with E-state index in [0.717, 1.165) is 13.0 Å². The molecule has 2 atom stereocenters. The van der Waals surface area contributed by atoms with Crippen molar-refractivity contribution in [2.24, 2.45) is 17.6 Å². The smallest absolute Gasteiger partial charge is 0.0630 e. The highest BCUT2D eigenvalue weighted by molar-refractivity contribution is 4.84. The van der Waals surface area contributed by atoms with Gasteiger partial charge in [0.25, 0.3) is 0 Å². The molecule has 1 rings (SSSR count). The van der Waals surface area contributed by atoms with Crippen LogP contribution in [0.15, 0.2) is 0 Å². The summed E-state index contributed by atoms with van der Waals surface area (Å²) in [5, 5.41) is 9.02. The van der Waals surface area contributed by atoms with E-state index in [1.54, 1.807) is 0 Å². The zero-order chi connectivity index (χ0) is 9.19. The molecule has 12 heavy (non-hydrogen) atoms. The van der Waals surface area contributed by atoms with Crippen LogP contribution in [0.3, 0.4) is 0 Å². The molecule has 0 aromatic heterocycles. The topological polar surface area (TPSA) is 55.5 Å². The number of rotatable bonds is 3. The Hall–Kier alpha value is -0.120. The van der Waals surface area contributed by atoms with Crippen molar-refractivity contribution in [1.82, 2.24) is 0 Å². The van der Waals surface area contributed by atoms with Gasteiger partial charge in [0.1, 0.15) is 0 Å². The van der Waals surface area contributed by atoms with Crippen LogP contribution in [-0.2, 0) is 4.74 Å². The van der Waals surface area contributed by atoms with E-state index in [1.807, 2.05) is 0 Å². The minimum absolute atomic E-state index is 0.0206. The number of hydrogen-bond donors (Lipinski definition) is 2. The van der Waals surface area contributed by atoms with Gasteiger partial charge in [0, 0.05) is 6.61 Å². The van der Waals surface area contributed by atoms with Gasteiger partial charge >= 0.3 is 0 Å². The van der Waals surface area contributed by atoms with Gasteiger partial charge in [0.05, 0.1) is 12.2 Å². The molecule has 1 heterocycles. The number of aliphatic hydroxyl groups is 1. The summed E-state index contributed by atoms with van der Waals surface area (Å²) < 4.78 is 5.57. The van der Waals surface area contributed by atoms with Crippen LogP contribution in [0.25, 0.3) is 0 Å². The molecule has 3 heteroatoms. The molecule has 1 aliphatic rings. The van der Waals surface area contributed by atoms with Gasteiger partial charge < -0.3 is 15.6 Å². The normalized spacial score (nSPS) is 30.5. The molecule has 0 aliphatic carbocycles. The lowest BCUT2D eigenvalue weighted by Gasteiger charge is -2.19. The molecule has 1 saturated heterocycles. The van der Waals surface area contributed by atoms with Crippen molar-refractivity contribution in [1.29, 1.82) is 0 Å². The lowest BCUT2D eigenvalue weighted by atomic mass is 9.87. The van der Waals surface area contributed by atoms with E-state index in [-0.39, 0.29) is 18.1 Å². The summed E-state index contributed by atoms with van der Waals surface area (Å²) in [7, 11) is 0. The number of hydrogen-bond acceptors (Lipinski definition) is 3. The Morgan fingerprint density at radius 3 is 2.67 bits per heavy atom. The van der Waals surface area contributed by atoms with E-state index in [1.165, 1.54) is 0 Å². The first-order valence-corrected chi connectivity index (χ1v) is 4.54. The second-order valence-electron chi connectivity index (χ2n) is 4.21. The van der Waals surface area contributed by atoms with E-state index in [0.29, 0.717) is 12.5 Å². The van der Waals surface area contributed by atoms with Crippen molar-refractivity contribution in [2.75, 3.05) is 19.8 Å². The highest BCUT2D eigenvalue weighted by atomic mass is 16.5. The second kappa shape index (κ2) is 3.73. The average molecular weight is 173 g/mol. The molecular formula is C9H19NO2. The van der Waals surface area contributed by atoms with Gasteiger partial charge in [0.15, 0.2) is 0 Å². The predicted octanol–water partition coefficient (Wildman–Crippen LogP) is 0.369. The average Bonchev–Trinajstić information content (AvgIpc) is 2.34. The van der Waals surface area contributed by atoms with Crippen LogP contribution >= 0.6 is 0 Å². The third-order valence-corrected chi connectivity index (χ3v) is 2.65. The summed E-state index contributed by atoms with van der Waals surface area (Å²) in [6, 6.07) is 0. The Kier molecular flexibility index (Phi) is 3.09. The maximum Gasteiger partial charge on any atom is 0.0630 e. The Labute approximate surface area is 73.9 Å². The Morgan fingerprint density at radius 1 is 1.67 bits per heavy atom. The molecule has 0 aromatic carbocycles. The first-order chi connectivity index (χ1) is 5.59. The van der Waals surface area contributed by atoms with Gasteiger partial charge in [0.2, 0.25) is 0 Å². The fourth-order valence-electron chi connectivity index (χ4n) is 1.80. The summed E-state index contributed by atoms with van der Waals surface area (Å²) in [5.41, 5.74) is 5.52. The summed E-state index contributed by atoms with van der Waals surface area (Å²) in [5.74, 6) is 0.654. The van der Waals surface area contributed by atoms with Crippen LogP contribution in [-0.4, -0.2) is 30.5 Å². The van der Waals surface area contributed by atoms with Gasteiger partial charge in [-0.3, -0.25) is 0 Å². The van der Waals surface area contributed by atoms with Gasteiger partial charge in [-0.15, -0.1) is 0 Å². The molecule has 1 fully saturated rings. The molecule has 0 spiro atoms. The number of ether oxygens (including phenoxy) is 1. The van der Waals surface area contributed by atoms with E-state index in [2.05, 4.69) is 13.8 Å². The van der Waals surface area contributed by atoms with Gasteiger partial charge in [-0.05, 0) is 38.6 Å². The quantitative estimate of drug-likeness (QED) is 0.648. The van der Waals surface area contributed by atoms with Crippen LogP contribution in [0, 0.1) is 11.8 Å². The van der Waals surface area contributed by atoms with Crippen molar-refractivity contribution < 1.29 is 9.84 Å². The largest absolute Gasteiger partial charge is 0.396 e. The second-order valence-corrected chi connectivity index (χ2v) is 4.21. The van der Waals surface area contributed by atoms with Crippen molar-refractivity contribution in [3.8, 4) is 0 Å².